The lowest BCUT2D eigenvalue weighted by molar-refractivity contribution is -0.241. The molecule has 0 aromatic heterocycles. The van der Waals surface area contributed by atoms with E-state index >= 15 is 0 Å². The van der Waals surface area contributed by atoms with Gasteiger partial charge >= 0.3 is 23.9 Å². The Morgan fingerprint density at radius 3 is 1.58 bits per heavy atom. The van der Waals surface area contributed by atoms with Gasteiger partial charge < -0.3 is 24.1 Å². The van der Waals surface area contributed by atoms with Gasteiger partial charge in [0.2, 0.25) is 0 Å². The Kier molecular flexibility index (Phi) is 5.39. The standard InChI is InChI=1S/C11H14O5.C11H16O4/c1-10(2)15-8(13)6(9(14)16-10)7(12)11(3)4-5-11;1-10(2)14-8(12)7(9(13)15-10)6-11(3)4-5-11/h12H,4-5H2,1-3H3;7H,4-6H2,1-3H3. The molecule has 9 heteroatoms. The van der Waals surface area contributed by atoms with Gasteiger partial charge in [0.15, 0.2) is 11.5 Å². The number of ether oxygens (including phenoxy) is 4. The van der Waals surface area contributed by atoms with E-state index in [2.05, 4.69) is 6.92 Å². The third kappa shape index (κ3) is 5.19. The summed E-state index contributed by atoms with van der Waals surface area (Å²) < 4.78 is 19.9. The molecule has 4 fully saturated rings. The predicted molar refractivity (Wildman–Crippen MR) is 105 cm³/mol. The average Bonchev–Trinajstić information content (AvgIpc) is 3.49. The Bertz CT molecular complexity index is 814. The zero-order valence-electron chi connectivity index (χ0n) is 18.8. The summed E-state index contributed by atoms with van der Waals surface area (Å²) in [6.07, 6.45) is 4.22. The summed E-state index contributed by atoms with van der Waals surface area (Å²) in [6, 6.07) is 0. The fourth-order valence-corrected chi connectivity index (χ4v) is 3.39. The van der Waals surface area contributed by atoms with Crippen LogP contribution in [0.1, 0.15) is 73.6 Å². The minimum atomic E-state index is -1.26. The van der Waals surface area contributed by atoms with Gasteiger partial charge in [0.25, 0.3) is 11.6 Å². The molecular formula is C22H30O9. The Hall–Kier alpha value is -2.58. The van der Waals surface area contributed by atoms with Crippen LogP contribution in [-0.4, -0.2) is 40.6 Å². The Morgan fingerprint density at radius 2 is 1.19 bits per heavy atom. The fourth-order valence-electron chi connectivity index (χ4n) is 3.39. The van der Waals surface area contributed by atoms with Crippen LogP contribution < -0.4 is 0 Å². The predicted octanol–water partition coefficient (Wildman–Crippen LogP) is 3.06. The number of hydrogen-bond acceptors (Lipinski definition) is 9. The molecule has 1 N–H and O–H groups in total. The monoisotopic (exact) mass is 438 g/mol. The van der Waals surface area contributed by atoms with Crippen LogP contribution >= 0.6 is 0 Å². The summed E-state index contributed by atoms with van der Waals surface area (Å²) in [6.45, 7) is 9.93. The maximum Gasteiger partial charge on any atom is 0.352 e. The molecule has 172 valence electrons. The molecule has 0 amide bonds. The summed E-state index contributed by atoms with van der Waals surface area (Å²) in [5.74, 6) is -5.80. The molecule has 2 aliphatic carbocycles. The molecule has 2 saturated carbocycles. The van der Waals surface area contributed by atoms with E-state index in [0.717, 1.165) is 25.7 Å². The third-order valence-electron chi connectivity index (χ3n) is 5.96. The average molecular weight is 438 g/mol. The maximum atomic E-state index is 11.6. The number of carbonyl (C=O) groups excluding carboxylic acids is 4. The highest BCUT2D eigenvalue weighted by molar-refractivity contribution is 6.15. The minimum Gasteiger partial charge on any atom is -0.511 e. The van der Waals surface area contributed by atoms with Crippen LogP contribution in [0.3, 0.4) is 0 Å². The van der Waals surface area contributed by atoms with Gasteiger partial charge in [-0.1, -0.05) is 13.8 Å². The molecule has 2 aliphatic heterocycles. The minimum absolute atomic E-state index is 0.143. The molecule has 9 nitrogen and oxygen atoms in total. The SMILES string of the molecule is CC1(C)OC(=O)C(=C(O)C2(C)CC2)C(=O)O1.CC1(CC2C(=O)OC(C)(C)OC2=O)CC1. The van der Waals surface area contributed by atoms with Crippen molar-refractivity contribution in [1.82, 2.24) is 0 Å². The quantitative estimate of drug-likeness (QED) is 0.233. The van der Waals surface area contributed by atoms with Gasteiger partial charge in [-0.15, -0.1) is 0 Å². The number of carbonyl (C=O) groups is 4. The van der Waals surface area contributed by atoms with Crippen LogP contribution in [0.4, 0.5) is 0 Å². The van der Waals surface area contributed by atoms with Gasteiger partial charge in [-0.05, 0) is 37.5 Å². The number of aliphatic hydroxyl groups excluding tert-OH is 1. The highest BCUT2D eigenvalue weighted by atomic mass is 16.7. The molecular weight excluding hydrogens is 408 g/mol. The molecule has 4 aliphatic rings. The molecule has 0 spiro atoms. The maximum absolute atomic E-state index is 11.6. The zero-order valence-corrected chi connectivity index (χ0v) is 18.8. The molecule has 0 radical (unpaired) electrons. The number of allylic oxidation sites excluding steroid dienone is 1. The topological polar surface area (TPSA) is 125 Å². The number of aliphatic hydroxyl groups is 1. The van der Waals surface area contributed by atoms with Crippen molar-refractivity contribution in [3.05, 3.63) is 11.3 Å². The first-order valence-electron chi connectivity index (χ1n) is 10.4. The number of hydrogen-bond donors (Lipinski definition) is 1. The molecule has 31 heavy (non-hydrogen) atoms. The van der Waals surface area contributed by atoms with E-state index in [1.165, 1.54) is 13.8 Å². The first-order valence-corrected chi connectivity index (χ1v) is 10.4. The molecule has 2 saturated heterocycles. The van der Waals surface area contributed by atoms with Crippen molar-refractivity contribution in [3.63, 3.8) is 0 Å². The third-order valence-corrected chi connectivity index (χ3v) is 5.96. The van der Waals surface area contributed by atoms with Crippen molar-refractivity contribution in [1.29, 1.82) is 0 Å². The number of cyclic esters (lactones) is 4. The van der Waals surface area contributed by atoms with E-state index in [-0.39, 0.29) is 16.7 Å². The second-order valence-corrected chi connectivity index (χ2v) is 10.3. The Balaban J connectivity index is 0.000000176. The largest absolute Gasteiger partial charge is 0.511 e. The lowest BCUT2D eigenvalue weighted by Gasteiger charge is -2.33. The molecule has 0 aromatic rings. The summed E-state index contributed by atoms with van der Waals surface area (Å²) in [5, 5.41) is 9.86. The first kappa shape index (κ1) is 23.1. The van der Waals surface area contributed by atoms with Crippen molar-refractivity contribution in [2.45, 2.75) is 85.2 Å². The lowest BCUT2D eigenvalue weighted by atomic mass is 9.93. The van der Waals surface area contributed by atoms with Crippen molar-refractivity contribution in [2.24, 2.45) is 16.7 Å². The van der Waals surface area contributed by atoms with Crippen molar-refractivity contribution < 1.29 is 43.2 Å². The first-order chi connectivity index (χ1) is 14.1. The van der Waals surface area contributed by atoms with Crippen molar-refractivity contribution in [2.75, 3.05) is 0 Å². The molecule has 0 bridgehead atoms. The summed E-state index contributed by atoms with van der Waals surface area (Å²) in [5.41, 5.74) is -0.682. The van der Waals surface area contributed by atoms with E-state index < -0.39 is 46.8 Å². The van der Waals surface area contributed by atoms with Crippen LogP contribution in [-0.2, 0) is 38.1 Å². The zero-order chi connectivity index (χ0) is 23.4. The lowest BCUT2D eigenvalue weighted by Crippen LogP contribution is -2.46. The van der Waals surface area contributed by atoms with Gasteiger partial charge in [0.1, 0.15) is 5.76 Å². The smallest absolute Gasteiger partial charge is 0.352 e. The molecule has 2 heterocycles. The summed E-state index contributed by atoms with van der Waals surface area (Å²) in [4.78, 5) is 46.4. The summed E-state index contributed by atoms with van der Waals surface area (Å²) in [7, 11) is 0. The summed E-state index contributed by atoms with van der Waals surface area (Å²) >= 11 is 0. The van der Waals surface area contributed by atoms with E-state index in [1.807, 2.05) is 0 Å². The molecule has 0 aromatic carbocycles. The molecule has 0 unspecified atom stereocenters. The van der Waals surface area contributed by atoms with Gasteiger partial charge in [-0.25, -0.2) is 9.59 Å². The van der Waals surface area contributed by atoms with Crippen LogP contribution in [0.5, 0.6) is 0 Å². The van der Waals surface area contributed by atoms with Gasteiger partial charge in [0.05, 0.1) is 0 Å². The van der Waals surface area contributed by atoms with Gasteiger partial charge in [-0.2, -0.15) is 0 Å². The number of rotatable bonds is 3. The number of esters is 4. The van der Waals surface area contributed by atoms with Crippen LogP contribution in [0.15, 0.2) is 11.3 Å². The van der Waals surface area contributed by atoms with E-state index in [0.29, 0.717) is 6.42 Å². The Morgan fingerprint density at radius 1 is 0.774 bits per heavy atom. The normalized spacial score (nSPS) is 27.0. The van der Waals surface area contributed by atoms with E-state index in [1.54, 1.807) is 20.8 Å². The van der Waals surface area contributed by atoms with Crippen molar-refractivity contribution >= 4 is 23.9 Å². The highest BCUT2D eigenvalue weighted by Gasteiger charge is 2.50. The molecule has 0 atom stereocenters. The van der Waals surface area contributed by atoms with Crippen LogP contribution in [0, 0.1) is 16.7 Å². The van der Waals surface area contributed by atoms with Crippen molar-refractivity contribution in [3.8, 4) is 0 Å². The fraction of sp³-hybridized carbons (Fsp3) is 0.727. The van der Waals surface area contributed by atoms with Gasteiger partial charge in [-0.3, -0.25) is 9.59 Å². The van der Waals surface area contributed by atoms with E-state index in [4.69, 9.17) is 18.9 Å². The second kappa shape index (κ2) is 7.24. The van der Waals surface area contributed by atoms with Gasteiger partial charge in [0, 0.05) is 33.1 Å². The van der Waals surface area contributed by atoms with Crippen LogP contribution in [0.25, 0.3) is 0 Å². The van der Waals surface area contributed by atoms with Crippen LogP contribution in [0.2, 0.25) is 0 Å². The Labute approximate surface area is 181 Å². The highest BCUT2D eigenvalue weighted by Crippen LogP contribution is 2.52. The molecule has 4 rings (SSSR count). The second-order valence-electron chi connectivity index (χ2n) is 10.3. The van der Waals surface area contributed by atoms with E-state index in [9.17, 15) is 24.3 Å².